The summed E-state index contributed by atoms with van der Waals surface area (Å²) >= 11 is 0. The van der Waals surface area contributed by atoms with Crippen molar-refractivity contribution >= 4 is 11.6 Å². The second-order valence-electron chi connectivity index (χ2n) is 5.92. The molecule has 0 aliphatic rings. The number of anilines is 1. The van der Waals surface area contributed by atoms with Gasteiger partial charge in [-0.05, 0) is 50.1 Å². The van der Waals surface area contributed by atoms with Gasteiger partial charge in [0.15, 0.2) is 5.69 Å². The van der Waals surface area contributed by atoms with E-state index in [1.807, 2.05) is 63.2 Å². The Morgan fingerprint density at radius 3 is 2.46 bits per heavy atom. The molecule has 0 radical (unpaired) electrons. The normalized spacial score (nSPS) is 10.7. The third kappa shape index (κ3) is 2.80. The van der Waals surface area contributed by atoms with Crippen LogP contribution in [-0.2, 0) is 0 Å². The van der Waals surface area contributed by atoms with Crippen molar-refractivity contribution in [1.29, 1.82) is 0 Å². The van der Waals surface area contributed by atoms with E-state index in [4.69, 9.17) is 0 Å². The Morgan fingerprint density at radius 2 is 1.75 bits per heavy atom. The Labute approximate surface area is 141 Å². The molecule has 5 heteroatoms. The number of hydrogen-bond donors (Lipinski definition) is 0. The van der Waals surface area contributed by atoms with Gasteiger partial charge in [0.1, 0.15) is 0 Å². The molecule has 122 valence electrons. The molecule has 0 saturated carbocycles. The third-order valence-electron chi connectivity index (χ3n) is 4.14. The number of carbonyl (C=O) groups excluding carboxylic acids is 1. The van der Waals surface area contributed by atoms with Crippen molar-refractivity contribution < 1.29 is 4.79 Å². The average Bonchev–Trinajstić information content (AvgIpc) is 2.98. The summed E-state index contributed by atoms with van der Waals surface area (Å²) in [6.45, 7) is 5.92. The number of aryl methyl sites for hydroxylation is 2. The highest BCUT2D eigenvalue weighted by Crippen LogP contribution is 2.20. The molecule has 24 heavy (non-hydrogen) atoms. The smallest absolute Gasteiger partial charge is 0.280 e. The first-order valence-corrected chi connectivity index (χ1v) is 7.82. The van der Waals surface area contributed by atoms with Gasteiger partial charge in [-0.3, -0.25) is 4.79 Å². The number of hydrogen-bond acceptors (Lipinski definition) is 3. The van der Waals surface area contributed by atoms with Gasteiger partial charge in [0, 0.05) is 12.7 Å². The van der Waals surface area contributed by atoms with Crippen LogP contribution < -0.4 is 4.90 Å². The highest BCUT2D eigenvalue weighted by Gasteiger charge is 2.22. The SMILES string of the molecule is Cc1ccc(C)c(-n2nnc(C(=O)N(C)c3ccccc3)c2C)c1. The van der Waals surface area contributed by atoms with Crippen LogP contribution in [0.2, 0.25) is 0 Å². The first-order chi connectivity index (χ1) is 11.5. The number of aromatic nitrogens is 3. The summed E-state index contributed by atoms with van der Waals surface area (Å²) in [5.74, 6) is -0.171. The molecule has 2 aromatic carbocycles. The van der Waals surface area contributed by atoms with E-state index < -0.39 is 0 Å². The highest BCUT2D eigenvalue weighted by molar-refractivity contribution is 6.05. The Kier molecular flexibility index (Phi) is 4.16. The monoisotopic (exact) mass is 320 g/mol. The van der Waals surface area contributed by atoms with E-state index in [1.54, 1.807) is 16.6 Å². The van der Waals surface area contributed by atoms with Gasteiger partial charge in [0.05, 0.1) is 11.4 Å². The molecule has 1 amide bonds. The lowest BCUT2D eigenvalue weighted by molar-refractivity contribution is 0.0987. The minimum absolute atomic E-state index is 0.171. The molecule has 0 N–H and O–H groups in total. The van der Waals surface area contributed by atoms with Crippen LogP contribution in [-0.4, -0.2) is 27.9 Å². The van der Waals surface area contributed by atoms with Gasteiger partial charge in [-0.1, -0.05) is 35.5 Å². The molecule has 0 spiro atoms. The number of amides is 1. The molecule has 1 aromatic heterocycles. The summed E-state index contributed by atoms with van der Waals surface area (Å²) < 4.78 is 1.73. The molecule has 0 aliphatic carbocycles. The van der Waals surface area contributed by atoms with Gasteiger partial charge in [-0.2, -0.15) is 0 Å². The van der Waals surface area contributed by atoms with Crippen molar-refractivity contribution in [2.75, 3.05) is 11.9 Å². The number of carbonyl (C=O) groups is 1. The average molecular weight is 320 g/mol. The lowest BCUT2D eigenvalue weighted by atomic mass is 10.1. The van der Waals surface area contributed by atoms with Crippen molar-refractivity contribution in [3.05, 3.63) is 71.0 Å². The molecule has 0 saturated heterocycles. The molecule has 5 nitrogen and oxygen atoms in total. The largest absolute Gasteiger partial charge is 0.310 e. The molecule has 1 heterocycles. The number of benzene rings is 2. The Hall–Kier alpha value is -2.95. The van der Waals surface area contributed by atoms with Gasteiger partial charge >= 0.3 is 0 Å². The first-order valence-electron chi connectivity index (χ1n) is 7.82. The summed E-state index contributed by atoms with van der Waals surface area (Å²) in [5.41, 5.74) is 5.09. The van der Waals surface area contributed by atoms with E-state index in [9.17, 15) is 4.79 Å². The topological polar surface area (TPSA) is 51.0 Å². The number of rotatable bonds is 3. The molecule has 0 aliphatic heterocycles. The molecule has 0 atom stereocenters. The van der Waals surface area contributed by atoms with Crippen LogP contribution in [0.3, 0.4) is 0 Å². The first kappa shape index (κ1) is 15.9. The zero-order chi connectivity index (χ0) is 17.3. The molecular formula is C19H20N4O. The lowest BCUT2D eigenvalue weighted by Crippen LogP contribution is -2.27. The van der Waals surface area contributed by atoms with E-state index in [1.165, 1.54) is 0 Å². The third-order valence-corrected chi connectivity index (χ3v) is 4.14. The van der Waals surface area contributed by atoms with E-state index in [-0.39, 0.29) is 5.91 Å². The minimum Gasteiger partial charge on any atom is -0.310 e. The van der Waals surface area contributed by atoms with E-state index in [2.05, 4.69) is 16.4 Å². The van der Waals surface area contributed by atoms with Crippen molar-refractivity contribution in [3.63, 3.8) is 0 Å². The van der Waals surface area contributed by atoms with Gasteiger partial charge in [0.2, 0.25) is 0 Å². The van der Waals surface area contributed by atoms with Crippen molar-refractivity contribution in [3.8, 4) is 5.69 Å². The van der Waals surface area contributed by atoms with Crippen LogP contribution >= 0.6 is 0 Å². The van der Waals surface area contributed by atoms with Crippen molar-refractivity contribution in [2.45, 2.75) is 20.8 Å². The maximum atomic E-state index is 12.8. The Morgan fingerprint density at radius 1 is 1.04 bits per heavy atom. The second-order valence-corrected chi connectivity index (χ2v) is 5.92. The maximum absolute atomic E-state index is 12.8. The fourth-order valence-corrected chi connectivity index (χ4v) is 2.63. The summed E-state index contributed by atoms with van der Waals surface area (Å²) in [6, 6.07) is 15.7. The Balaban J connectivity index is 1.98. The fourth-order valence-electron chi connectivity index (χ4n) is 2.63. The molecule has 0 fully saturated rings. The van der Waals surface area contributed by atoms with Crippen molar-refractivity contribution in [2.24, 2.45) is 0 Å². The molecule has 0 bridgehead atoms. The predicted molar refractivity (Wildman–Crippen MR) is 94.7 cm³/mol. The van der Waals surface area contributed by atoms with E-state index in [0.29, 0.717) is 5.69 Å². The predicted octanol–water partition coefficient (Wildman–Crippen LogP) is 3.47. The molecule has 3 aromatic rings. The lowest BCUT2D eigenvalue weighted by Gasteiger charge is -2.16. The van der Waals surface area contributed by atoms with Crippen molar-refractivity contribution in [1.82, 2.24) is 15.0 Å². The van der Waals surface area contributed by atoms with E-state index in [0.717, 1.165) is 28.2 Å². The second kappa shape index (κ2) is 6.28. The quantitative estimate of drug-likeness (QED) is 0.742. The number of nitrogens with zero attached hydrogens (tertiary/aromatic N) is 4. The Bertz CT molecular complexity index is 884. The minimum atomic E-state index is -0.171. The van der Waals surface area contributed by atoms with Crippen LogP contribution in [0.25, 0.3) is 5.69 Å². The van der Waals surface area contributed by atoms with Crippen LogP contribution in [0.4, 0.5) is 5.69 Å². The van der Waals surface area contributed by atoms with Crippen LogP contribution in [0.15, 0.2) is 48.5 Å². The van der Waals surface area contributed by atoms with Crippen LogP contribution in [0.1, 0.15) is 27.3 Å². The standard InChI is InChI=1S/C19H20N4O/c1-13-10-11-14(2)17(12-13)23-15(3)18(20-21-23)19(24)22(4)16-8-6-5-7-9-16/h5-12H,1-4H3. The number of para-hydroxylation sites is 1. The zero-order valence-corrected chi connectivity index (χ0v) is 14.3. The van der Waals surface area contributed by atoms with Gasteiger partial charge in [0.25, 0.3) is 5.91 Å². The molecular weight excluding hydrogens is 300 g/mol. The molecule has 3 rings (SSSR count). The summed E-state index contributed by atoms with van der Waals surface area (Å²) in [7, 11) is 1.74. The molecule has 0 unspecified atom stereocenters. The van der Waals surface area contributed by atoms with Crippen LogP contribution in [0.5, 0.6) is 0 Å². The zero-order valence-electron chi connectivity index (χ0n) is 14.3. The van der Waals surface area contributed by atoms with Crippen LogP contribution in [0, 0.1) is 20.8 Å². The summed E-state index contributed by atoms with van der Waals surface area (Å²) in [5, 5.41) is 8.34. The van der Waals surface area contributed by atoms with Gasteiger partial charge < -0.3 is 4.90 Å². The summed E-state index contributed by atoms with van der Waals surface area (Å²) in [6.07, 6.45) is 0. The highest BCUT2D eigenvalue weighted by atomic mass is 16.2. The van der Waals surface area contributed by atoms with Gasteiger partial charge in [-0.15, -0.1) is 5.10 Å². The van der Waals surface area contributed by atoms with E-state index >= 15 is 0 Å². The van der Waals surface area contributed by atoms with Gasteiger partial charge in [-0.25, -0.2) is 4.68 Å². The summed E-state index contributed by atoms with van der Waals surface area (Å²) in [4.78, 5) is 14.4. The fraction of sp³-hybridized carbons (Fsp3) is 0.211. The maximum Gasteiger partial charge on any atom is 0.280 e.